The van der Waals surface area contributed by atoms with Crippen LogP contribution in [-0.4, -0.2) is 14.8 Å². The molecule has 1 rings (SSSR count). The lowest BCUT2D eigenvalue weighted by Gasteiger charge is -2.03. The predicted octanol–water partition coefficient (Wildman–Crippen LogP) is 1.71. The van der Waals surface area contributed by atoms with Crippen molar-refractivity contribution in [2.24, 2.45) is 5.73 Å². The van der Waals surface area contributed by atoms with E-state index in [-0.39, 0.29) is 0 Å². The van der Waals surface area contributed by atoms with E-state index in [4.69, 9.17) is 5.73 Å². The normalized spacial score (nSPS) is 10.7. The highest BCUT2D eigenvalue weighted by atomic mass is 15.3. The molecular weight excluding hydrogens is 176 g/mol. The Labute approximate surface area is 85.5 Å². The molecular formula is C10H20N4. The van der Waals surface area contributed by atoms with Gasteiger partial charge in [0.2, 0.25) is 0 Å². The molecule has 0 aliphatic heterocycles. The summed E-state index contributed by atoms with van der Waals surface area (Å²) in [5, 5.41) is 4.13. The van der Waals surface area contributed by atoms with E-state index < -0.39 is 0 Å². The van der Waals surface area contributed by atoms with E-state index in [9.17, 15) is 0 Å². The molecule has 0 aliphatic carbocycles. The molecule has 14 heavy (non-hydrogen) atoms. The third-order valence-electron chi connectivity index (χ3n) is 2.35. The number of unbranched alkanes of at least 4 members (excludes halogenated alkanes) is 4. The van der Waals surface area contributed by atoms with Gasteiger partial charge in [-0.25, -0.2) is 9.67 Å². The minimum atomic E-state index is 0.481. The van der Waals surface area contributed by atoms with Crippen molar-refractivity contribution in [1.29, 1.82) is 0 Å². The number of hydrogen-bond donors (Lipinski definition) is 1. The van der Waals surface area contributed by atoms with Crippen molar-refractivity contribution in [2.45, 2.75) is 52.1 Å². The molecule has 4 heteroatoms. The van der Waals surface area contributed by atoms with Crippen LogP contribution in [0.1, 0.15) is 44.9 Å². The lowest BCUT2D eigenvalue weighted by atomic mass is 10.1. The van der Waals surface area contributed by atoms with E-state index in [1.165, 1.54) is 32.1 Å². The fourth-order valence-corrected chi connectivity index (χ4v) is 1.50. The number of rotatable bonds is 7. The SMILES string of the molecule is CCCCCCCn1ncnc1CN. The van der Waals surface area contributed by atoms with Crippen molar-refractivity contribution in [3.63, 3.8) is 0 Å². The Morgan fingerprint density at radius 1 is 1.29 bits per heavy atom. The van der Waals surface area contributed by atoms with Gasteiger partial charge in [-0.15, -0.1) is 0 Å². The fraction of sp³-hybridized carbons (Fsp3) is 0.800. The summed E-state index contributed by atoms with van der Waals surface area (Å²) in [5.74, 6) is 0.889. The lowest BCUT2D eigenvalue weighted by molar-refractivity contribution is 0.515. The van der Waals surface area contributed by atoms with Crippen molar-refractivity contribution in [3.05, 3.63) is 12.2 Å². The first-order valence-electron chi connectivity index (χ1n) is 5.45. The summed E-state index contributed by atoms with van der Waals surface area (Å²) < 4.78 is 1.91. The molecule has 1 aromatic heterocycles. The van der Waals surface area contributed by atoms with E-state index in [1.54, 1.807) is 6.33 Å². The zero-order chi connectivity index (χ0) is 10.2. The van der Waals surface area contributed by atoms with Gasteiger partial charge in [0, 0.05) is 6.54 Å². The summed E-state index contributed by atoms with van der Waals surface area (Å²) >= 11 is 0. The quantitative estimate of drug-likeness (QED) is 0.675. The summed E-state index contributed by atoms with van der Waals surface area (Å²) in [6, 6.07) is 0. The van der Waals surface area contributed by atoms with Crippen LogP contribution in [0.2, 0.25) is 0 Å². The van der Waals surface area contributed by atoms with Gasteiger partial charge in [-0.05, 0) is 6.42 Å². The van der Waals surface area contributed by atoms with Crippen LogP contribution in [0.3, 0.4) is 0 Å². The van der Waals surface area contributed by atoms with E-state index in [0.29, 0.717) is 6.54 Å². The lowest BCUT2D eigenvalue weighted by Crippen LogP contribution is -2.10. The Hall–Kier alpha value is -0.900. The minimum absolute atomic E-state index is 0.481. The second kappa shape index (κ2) is 6.54. The monoisotopic (exact) mass is 196 g/mol. The van der Waals surface area contributed by atoms with Crippen LogP contribution < -0.4 is 5.73 Å². The van der Waals surface area contributed by atoms with Gasteiger partial charge >= 0.3 is 0 Å². The van der Waals surface area contributed by atoms with Gasteiger partial charge in [0.05, 0.1) is 6.54 Å². The van der Waals surface area contributed by atoms with Gasteiger partial charge in [0.25, 0.3) is 0 Å². The molecule has 2 N–H and O–H groups in total. The Balaban J connectivity index is 2.17. The van der Waals surface area contributed by atoms with E-state index in [0.717, 1.165) is 12.4 Å². The van der Waals surface area contributed by atoms with Gasteiger partial charge in [-0.2, -0.15) is 5.10 Å². The van der Waals surface area contributed by atoms with Gasteiger partial charge in [0.15, 0.2) is 0 Å². The molecule has 0 bridgehead atoms. The Kier molecular flexibility index (Phi) is 5.22. The van der Waals surface area contributed by atoms with Gasteiger partial charge < -0.3 is 5.73 Å². The number of nitrogens with two attached hydrogens (primary N) is 1. The van der Waals surface area contributed by atoms with Crippen LogP contribution in [0.25, 0.3) is 0 Å². The molecule has 0 fully saturated rings. The molecule has 0 aliphatic rings. The highest BCUT2D eigenvalue weighted by molar-refractivity contribution is 4.81. The largest absolute Gasteiger partial charge is 0.324 e. The Morgan fingerprint density at radius 3 is 2.79 bits per heavy atom. The maximum absolute atomic E-state index is 5.52. The summed E-state index contributed by atoms with van der Waals surface area (Å²) in [4.78, 5) is 4.08. The Bertz CT molecular complexity index is 244. The first-order valence-corrected chi connectivity index (χ1v) is 5.45. The topological polar surface area (TPSA) is 56.7 Å². The van der Waals surface area contributed by atoms with Gasteiger partial charge in [0.1, 0.15) is 12.2 Å². The number of aryl methyl sites for hydroxylation is 1. The average Bonchev–Trinajstić information content (AvgIpc) is 2.65. The fourth-order valence-electron chi connectivity index (χ4n) is 1.50. The Morgan fingerprint density at radius 2 is 2.07 bits per heavy atom. The average molecular weight is 196 g/mol. The molecule has 0 saturated heterocycles. The molecule has 0 atom stereocenters. The van der Waals surface area contributed by atoms with Gasteiger partial charge in [-0.1, -0.05) is 32.6 Å². The van der Waals surface area contributed by atoms with Crippen LogP contribution in [-0.2, 0) is 13.1 Å². The van der Waals surface area contributed by atoms with Crippen molar-refractivity contribution in [3.8, 4) is 0 Å². The number of nitrogens with zero attached hydrogens (tertiary/aromatic N) is 3. The zero-order valence-electron chi connectivity index (χ0n) is 8.95. The summed E-state index contributed by atoms with van der Waals surface area (Å²) in [7, 11) is 0. The van der Waals surface area contributed by atoms with Crippen LogP contribution in [0.5, 0.6) is 0 Å². The van der Waals surface area contributed by atoms with Gasteiger partial charge in [-0.3, -0.25) is 0 Å². The summed E-state index contributed by atoms with van der Waals surface area (Å²) in [6.07, 6.45) is 7.98. The van der Waals surface area contributed by atoms with Crippen LogP contribution >= 0.6 is 0 Å². The molecule has 0 amide bonds. The first kappa shape index (κ1) is 11.2. The van der Waals surface area contributed by atoms with Crippen molar-refractivity contribution >= 4 is 0 Å². The third kappa shape index (κ3) is 3.46. The maximum atomic E-state index is 5.52. The van der Waals surface area contributed by atoms with Crippen molar-refractivity contribution in [1.82, 2.24) is 14.8 Å². The van der Waals surface area contributed by atoms with Crippen LogP contribution in [0, 0.1) is 0 Å². The van der Waals surface area contributed by atoms with Crippen LogP contribution in [0.4, 0.5) is 0 Å². The smallest absolute Gasteiger partial charge is 0.140 e. The molecule has 4 nitrogen and oxygen atoms in total. The highest BCUT2D eigenvalue weighted by Crippen LogP contribution is 2.04. The minimum Gasteiger partial charge on any atom is -0.324 e. The van der Waals surface area contributed by atoms with E-state index in [2.05, 4.69) is 17.0 Å². The first-order chi connectivity index (χ1) is 6.88. The second-order valence-electron chi connectivity index (χ2n) is 3.52. The zero-order valence-corrected chi connectivity index (χ0v) is 8.95. The molecule has 0 unspecified atom stereocenters. The summed E-state index contributed by atoms with van der Waals surface area (Å²) in [5.41, 5.74) is 5.52. The maximum Gasteiger partial charge on any atom is 0.140 e. The van der Waals surface area contributed by atoms with E-state index >= 15 is 0 Å². The molecule has 1 aromatic rings. The van der Waals surface area contributed by atoms with Crippen molar-refractivity contribution in [2.75, 3.05) is 0 Å². The molecule has 80 valence electrons. The van der Waals surface area contributed by atoms with E-state index in [1.807, 2.05) is 4.68 Å². The molecule has 0 saturated carbocycles. The predicted molar refractivity (Wildman–Crippen MR) is 56.7 cm³/mol. The molecule has 0 radical (unpaired) electrons. The number of aromatic nitrogens is 3. The van der Waals surface area contributed by atoms with Crippen molar-refractivity contribution < 1.29 is 0 Å². The summed E-state index contributed by atoms with van der Waals surface area (Å²) in [6.45, 7) is 3.66. The molecule has 0 spiro atoms. The third-order valence-corrected chi connectivity index (χ3v) is 2.35. The number of hydrogen-bond acceptors (Lipinski definition) is 3. The molecule has 0 aromatic carbocycles. The van der Waals surface area contributed by atoms with Crippen LogP contribution in [0.15, 0.2) is 6.33 Å². The molecule has 1 heterocycles. The second-order valence-corrected chi connectivity index (χ2v) is 3.52. The highest BCUT2D eigenvalue weighted by Gasteiger charge is 2.00. The standard InChI is InChI=1S/C10H20N4/c1-2-3-4-5-6-7-14-10(8-11)12-9-13-14/h9H,2-8,11H2,1H3.